The van der Waals surface area contributed by atoms with Crippen LogP contribution in [-0.2, 0) is 4.79 Å². The van der Waals surface area contributed by atoms with Crippen molar-refractivity contribution in [3.05, 3.63) is 47.0 Å². The summed E-state index contributed by atoms with van der Waals surface area (Å²) < 4.78 is 6.26. The molecule has 0 saturated carbocycles. The van der Waals surface area contributed by atoms with Gasteiger partial charge in [0.25, 0.3) is 0 Å². The molecule has 0 N–H and O–H groups in total. The molecule has 9 heteroatoms. The zero-order valence-electron chi connectivity index (χ0n) is 19.5. The van der Waals surface area contributed by atoms with Crippen LogP contribution >= 0.6 is 47.1 Å². The standard InChI is InChI=1S/C24H30ClN3O2S2.ClH/c1-5-27(6-2)14-15-28(24-26-23-17(3)20(25)11-12-21(23)32-24)22(29)13-16-31-19-9-7-18(30-4)8-10-19;/h7-12H,5-6,13-16H2,1-4H3;1H. The number of rotatable bonds is 11. The highest BCUT2D eigenvalue weighted by molar-refractivity contribution is 7.99. The number of aromatic nitrogens is 1. The number of thiazole rings is 1. The molecule has 0 aliphatic heterocycles. The van der Waals surface area contributed by atoms with Crippen LogP contribution in [0.5, 0.6) is 5.75 Å². The summed E-state index contributed by atoms with van der Waals surface area (Å²) in [6.45, 7) is 9.62. The fourth-order valence-corrected chi connectivity index (χ4v) is 5.44. The molecule has 0 aliphatic carbocycles. The molecule has 2 aromatic carbocycles. The van der Waals surface area contributed by atoms with Crippen LogP contribution in [0.15, 0.2) is 41.3 Å². The number of anilines is 1. The van der Waals surface area contributed by atoms with Gasteiger partial charge in [0.05, 0.1) is 17.3 Å². The monoisotopic (exact) mass is 527 g/mol. The van der Waals surface area contributed by atoms with Gasteiger partial charge in [-0.05, 0) is 62.0 Å². The Bertz CT molecular complexity index is 1040. The summed E-state index contributed by atoms with van der Waals surface area (Å²) in [6, 6.07) is 11.8. The summed E-state index contributed by atoms with van der Waals surface area (Å²) >= 11 is 9.52. The summed E-state index contributed by atoms with van der Waals surface area (Å²) in [5.41, 5.74) is 1.84. The van der Waals surface area contributed by atoms with E-state index in [1.165, 1.54) is 0 Å². The molecule has 1 heterocycles. The first-order valence-electron chi connectivity index (χ1n) is 10.8. The molecule has 3 aromatic rings. The predicted octanol–water partition coefficient (Wildman–Crippen LogP) is 6.55. The van der Waals surface area contributed by atoms with E-state index in [0.717, 1.165) is 51.2 Å². The molecular formula is C24H31Cl2N3O2S2. The summed E-state index contributed by atoms with van der Waals surface area (Å²) in [5, 5.41) is 1.45. The third kappa shape index (κ3) is 7.23. The van der Waals surface area contributed by atoms with Crippen LogP contribution in [0, 0.1) is 6.92 Å². The Labute approximate surface area is 215 Å². The van der Waals surface area contributed by atoms with Gasteiger partial charge in [0.15, 0.2) is 5.13 Å². The van der Waals surface area contributed by atoms with E-state index in [-0.39, 0.29) is 18.3 Å². The van der Waals surface area contributed by atoms with Crippen LogP contribution in [0.1, 0.15) is 25.8 Å². The van der Waals surface area contributed by atoms with Gasteiger partial charge in [0.2, 0.25) is 5.91 Å². The van der Waals surface area contributed by atoms with Crippen LogP contribution in [-0.4, -0.2) is 54.8 Å². The second-order valence-electron chi connectivity index (χ2n) is 7.36. The first-order valence-corrected chi connectivity index (χ1v) is 13.0. The molecule has 0 atom stereocenters. The Hall–Kier alpha value is -1.51. The number of aryl methyl sites for hydroxylation is 1. The van der Waals surface area contributed by atoms with E-state index in [2.05, 4.69) is 18.7 Å². The van der Waals surface area contributed by atoms with Gasteiger partial charge >= 0.3 is 0 Å². The largest absolute Gasteiger partial charge is 0.497 e. The van der Waals surface area contributed by atoms with E-state index in [0.29, 0.717) is 23.7 Å². The molecule has 0 radical (unpaired) electrons. The van der Waals surface area contributed by atoms with E-state index in [1.807, 2.05) is 48.2 Å². The fourth-order valence-electron chi connectivity index (χ4n) is 3.38. The highest BCUT2D eigenvalue weighted by Crippen LogP contribution is 2.34. The molecular weight excluding hydrogens is 497 g/mol. The van der Waals surface area contributed by atoms with Crippen molar-refractivity contribution in [3.8, 4) is 5.75 Å². The molecule has 1 amide bonds. The number of amides is 1. The Morgan fingerprint density at radius 2 is 1.82 bits per heavy atom. The second-order valence-corrected chi connectivity index (χ2v) is 9.95. The number of carbonyl (C=O) groups excluding carboxylic acids is 1. The maximum atomic E-state index is 13.3. The lowest BCUT2D eigenvalue weighted by Gasteiger charge is -2.24. The summed E-state index contributed by atoms with van der Waals surface area (Å²) in [5.74, 6) is 1.64. The number of likely N-dealkylation sites (N-methyl/N-ethyl adjacent to an activating group) is 1. The molecule has 0 fully saturated rings. The second kappa shape index (κ2) is 13.4. The number of halogens is 2. The number of nitrogens with zero attached hydrogens (tertiary/aromatic N) is 3. The SMILES string of the molecule is CCN(CC)CCN(C(=O)CCSc1ccc(OC)cc1)c1nc2c(C)c(Cl)ccc2s1.Cl. The van der Waals surface area contributed by atoms with Crippen LogP contribution < -0.4 is 9.64 Å². The Balaban J connectivity index is 0.00000385. The minimum absolute atomic E-state index is 0. The minimum Gasteiger partial charge on any atom is -0.497 e. The molecule has 0 unspecified atom stereocenters. The molecule has 0 spiro atoms. The zero-order valence-corrected chi connectivity index (χ0v) is 22.7. The first kappa shape index (κ1) is 27.7. The number of carbonyl (C=O) groups is 1. The third-order valence-electron chi connectivity index (χ3n) is 5.45. The van der Waals surface area contributed by atoms with Gasteiger partial charge in [-0.3, -0.25) is 9.69 Å². The van der Waals surface area contributed by atoms with Crippen molar-refractivity contribution in [1.82, 2.24) is 9.88 Å². The molecule has 180 valence electrons. The highest BCUT2D eigenvalue weighted by atomic mass is 35.5. The highest BCUT2D eigenvalue weighted by Gasteiger charge is 2.21. The Morgan fingerprint density at radius 3 is 2.45 bits per heavy atom. The van der Waals surface area contributed by atoms with E-state index in [4.69, 9.17) is 21.3 Å². The smallest absolute Gasteiger partial charge is 0.229 e. The lowest BCUT2D eigenvalue weighted by Crippen LogP contribution is -2.39. The molecule has 33 heavy (non-hydrogen) atoms. The predicted molar refractivity (Wildman–Crippen MR) is 145 cm³/mol. The van der Waals surface area contributed by atoms with Gasteiger partial charge in [0.1, 0.15) is 5.75 Å². The van der Waals surface area contributed by atoms with Crippen LogP contribution in [0.25, 0.3) is 10.2 Å². The van der Waals surface area contributed by atoms with Crippen molar-refractivity contribution in [2.45, 2.75) is 32.1 Å². The lowest BCUT2D eigenvalue weighted by atomic mass is 10.2. The number of benzene rings is 2. The van der Waals surface area contributed by atoms with Gasteiger partial charge in [-0.15, -0.1) is 24.2 Å². The maximum Gasteiger partial charge on any atom is 0.229 e. The van der Waals surface area contributed by atoms with Crippen molar-refractivity contribution in [2.24, 2.45) is 0 Å². The Morgan fingerprint density at radius 1 is 1.12 bits per heavy atom. The van der Waals surface area contributed by atoms with Gasteiger partial charge in [-0.2, -0.15) is 0 Å². The number of methoxy groups -OCH3 is 1. The molecule has 3 rings (SSSR count). The first-order chi connectivity index (χ1) is 15.5. The van der Waals surface area contributed by atoms with Gasteiger partial charge in [-0.1, -0.05) is 36.8 Å². The van der Waals surface area contributed by atoms with E-state index < -0.39 is 0 Å². The lowest BCUT2D eigenvalue weighted by molar-refractivity contribution is -0.118. The van der Waals surface area contributed by atoms with Gasteiger partial charge < -0.3 is 9.64 Å². The fraction of sp³-hybridized carbons (Fsp3) is 0.417. The van der Waals surface area contributed by atoms with Gasteiger partial charge in [-0.25, -0.2) is 4.98 Å². The summed E-state index contributed by atoms with van der Waals surface area (Å²) in [7, 11) is 1.66. The van der Waals surface area contributed by atoms with Crippen molar-refractivity contribution in [3.63, 3.8) is 0 Å². The summed E-state index contributed by atoms with van der Waals surface area (Å²) in [4.78, 5) is 23.4. The van der Waals surface area contributed by atoms with Crippen LogP contribution in [0.4, 0.5) is 5.13 Å². The molecule has 0 aliphatic rings. The molecule has 1 aromatic heterocycles. The van der Waals surface area contributed by atoms with Crippen molar-refractivity contribution >= 4 is 68.4 Å². The number of hydrogen-bond donors (Lipinski definition) is 0. The van der Waals surface area contributed by atoms with Crippen LogP contribution in [0.3, 0.4) is 0 Å². The quantitative estimate of drug-likeness (QED) is 0.264. The average Bonchev–Trinajstić information content (AvgIpc) is 3.24. The molecule has 5 nitrogen and oxygen atoms in total. The van der Waals surface area contributed by atoms with E-state index in [1.54, 1.807) is 30.2 Å². The molecule has 0 bridgehead atoms. The normalized spacial score (nSPS) is 11.0. The average molecular weight is 529 g/mol. The van der Waals surface area contributed by atoms with E-state index >= 15 is 0 Å². The number of thioether (sulfide) groups is 1. The van der Waals surface area contributed by atoms with Crippen LogP contribution in [0.2, 0.25) is 5.02 Å². The van der Waals surface area contributed by atoms with Crippen molar-refractivity contribution < 1.29 is 9.53 Å². The molecule has 0 saturated heterocycles. The minimum atomic E-state index is 0. The van der Waals surface area contributed by atoms with Gasteiger partial charge in [0, 0.05) is 35.2 Å². The number of ether oxygens (including phenoxy) is 1. The van der Waals surface area contributed by atoms with E-state index in [9.17, 15) is 4.79 Å². The van der Waals surface area contributed by atoms with Crippen molar-refractivity contribution in [1.29, 1.82) is 0 Å². The number of fused-ring (bicyclic) bond motifs is 1. The van der Waals surface area contributed by atoms with Crippen molar-refractivity contribution in [2.75, 3.05) is 43.9 Å². The zero-order chi connectivity index (χ0) is 23.1. The Kier molecular flexibility index (Phi) is 11.3. The third-order valence-corrected chi connectivity index (χ3v) is 7.91. The topological polar surface area (TPSA) is 45.7 Å². The number of hydrogen-bond acceptors (Lipinski definition) is 6. The maximum absolute atomic E-state index is 13.3. The summed E-state index contributed by atoms with van der Waals surface area (Å²) in [6.07, 6.45) is 0.449.